The van der Waals surface area contributed by atoms with E-state index in [1.165, 1.54) is 7.11 Å². The number of esters is 1. The highest BCUT2D eigenvalue weighted by Gasteiger charge is 2.19. The standard InChI is InChI=1S/C13H19NO4/c1-5-14(7-6-12(15)17-4)13(16)11-8-9(2)18-10(11)3/h8H,5-7H2,1-4H3. The molecule has 1 aromatic heterocycles. The molecule has 0 aliphatic rings. The van der Waals surface area contributed by atoms with Crippen molar-refractivity contribution < 1.29 is 18.7 Å². The Kier molecular flexibility index (Phi) is 4.95. The Morgan fingerprint density at radius 3 is 2.50 bits per heavy atom. The smallest absolute Gasteiger partial charge is 0.307 e. The zero-order chi connectivity index (χ0) is 13.7. The zero-order valence-corrected chi connectivity index (χ0v) is 11.3. The number of aryl methyl sites for hydroxylation is 2. The monoisotopic (exact) mass is 253 g/mol. The number of rotatable bonds is 5. The van der Waals surface area contributed by atoms with Crippen molar-refractivity contribution in [2.24, 2.45) is 0 Å². The van der Waals surface area contributed by atoms with Gasteiger partial charge in [-0.05, 0) is 26.8 Å². The van der Waals surface area contributed by atoms with E-state index in [1.807, 2.05) is 6.92 Å². The first kappa shape index (κ1) is 14.3. The van der Waals surface area contributed by atoms with Crippen molar-refractivity contribution in [3.63, 3.8) is 0 Å². The van der Waals surface area contributed by atoms with Gasteiger partial charge in [0, 0.05) is 13.1 Å². The summed E-state index contributed by atoms with van der Waals surface area (Å²) in [6, 6.07) is 1.72. The second-order valence-electron chi connectivity index (χ2n) is 4.04. The lowest BCUT2D eigenvalue weighted by Gasteiger charge is -2.19. The number of methoxy groups -OCH3 is 1. The molecular weight excluding hydrogens is 234 g/mol. The van der Waals surface area contributed by atoms with E-state index in [1.54, 1.807) is 24.8 Å². The lowest BCUT2D eigenvalue weighted by Crippen LogP contribution is -2.33. The quantitative estimate of drug-likeness (QED) is 0.752. The van der Waals surface area contributed by atoms with Crippen LogP contribution in [0.15, 0.2) is 10.5 Å². The number of carbonyl (C=O) groups is 2. The lowest BCUT2D eigenvalue weighted by molar-refractivity contribution is -0.140. The van der Waals surface area contributed by atoms with E-state index in [0.29, 0.717) is 30.2 Å². The van der Waals surface area contributed by atoms with Crippen molar-refractivity contribution >= 4 is 11.9 Å². The summed E-state index contributed by atoms with van der Waals surface area (Å²) >= 11 is 0. The summed E-state index contributed by atoms with van der Waals surface area (Å²) in [5, 5.41) is 0. The Bertz CT molecular complexity index is 436. The summed E-state index contributed by atoms with van der Waals surface area (Å²) in [5.41, 5.74) is 0.555. The molecule has 0 N–H and O–H groups in total. The molecule has 0 saturated heterocycles. The van der Waals surface area contributed by atoms with Crippen molar-refractivity contribution in [3.8, 4) is 0 Å². The number of nitrogens with zero attached hydrogens (tertiary/aromatic N) is 1. The molecule has 0 atom stereocenters. The number of ether oxygens (including phenoxy) is 1. The second kappa shape index (κ2) is 6.23. The van der Waals surface area contributed by atoms with Crippen LogP contribution < -0.4 is 0 Å². The normalized spacial score (nSPS) is 10.2. The fourth-order valence-electron chi connectivity index (χ4n) is 1.75. The minimum atomic E-state index is -0.318. The summed E-state index contributed by atoms with van der Waals surface area (Å²) in [4.78, 5) is 24.9. The van der Waals surface area contributed by atoms with Gasteiger partial charge in [0.2, 0.25) is 0 Å². The predicted molar refractivity (Wildman–Crippen MR) is 66.4 cm³/mol. The summed E-state index contributed by atoms with van der Waals surface area (Å²) in [7, 11) is 1.34. The summed E-state index contributed by atoms with van der Waals surface area (Å²) in [6.45, 7) is 6.32. The fourth-order valence-corrected chi connectivity index (χ4v) is 1.75. The van der Waals surface area contributed by atoms with E-state index in [0.717, 1.165) is 0 Å². The molecule has 18 heavy (non-hydrogen) atoms. The molecule has 0 unspecified atom stereocenters. The van der Waals surface area contributed by atoms with Crippen LogP contribution in [-0.4, -0.2) is 37.0 Å². The summed E-state index contributed by atoms with van der Waals surface area (Å²) < 4.78 is 9.90. The molecule has 0 aliphatic heterocycles. The number of furan rings is 1. The molecule has 0 saturated carbocycles. The molecule has 100 valence electrons. The van der Waals surface area contributed by atoms with Crippen molar-refractivity contribution in [2.45, 2.75) is 27.2 Å². The first-order valence-corrected chi connectivity index (χ1v) is 5.92. The van der Waals surface area contributed by atoms with Crippen LogP contribution in [-0.2, 0) is 9.53 Å². The molecule has 0 spiro atoms. The minimum Gasteiger partial charge on any atom is -0.469 e. The first-order chi connectivity index (χ1) is 8.49. The van der Waals surface area contributed by atoms with Crippen LogP contribution in [0.1, 0.15) is 35.2 Å². The van der Waals surface area contributed by atoms with Gasteiger partial charge in [-0.1, -0.05) is 0 Å². The Hall–Kier alpha value is -1.78. The average molecular weight is 253 g/mol. The van der Waals surface area contributed by atoms with E-state index in [9.17, 15) is 9.59 Å². The first-order valence-electron chi connectivity index (χ1n) is 5.92. The van der Waals surface area contributed by atoms with E-state index >= 15 is 0 Å². The van der Waals surface area contributed by atoms with E-state index < -0.39 is 0 Å². The predicted octanol–water partition coefficient (Wildman–Crippen LogP) is 1.92. The van der Waals surface area contributed by atoms with Gasteiger partial charge in [0.05, 0.1) is 19.1 Å². The molecule has 1 rings (SSSR count). The Balaban J connectivity index is 2.73. The third-order valence-electron chi connectivity index (χ3n) is 2.75. The molecule has 0 bridgehead atoms. The molecule has 5 nitrogen and oxygen atoms in total. The highest BCUT2D eigenvalue weighted by Crippen LogP contribution is 2.16. The average Bonchev–Trinajstić information content (AvgIpc) is 2.68. The third kappa shape index (κ3) is 3.35. The van der Waals surface area contributed by atoms with Crippen molar-refractivity contribution in [2.75, 3.05) is 20.2 Å². The molecule has 1 amide bonds. The van der Waals surface area contributed by atoms with Crippen molar-refractivity contribution in [1.29, 1.82) is 0 Å². The van der Waals surface area contributed by atoms with Crippen LogP contribution in [0.4, 0.5) is 0 Å². The lowest BCUT2D eigenvalue weighted by atomic mass is 10.2. The molecule has 1 heterocycles. The molecular formula is C13H19NO4. The van der Waals surface area contributed by atoms with Crippen molar-refractivity contribution in [1.82, 2.24) is 4.90 Å². The summed E-state index contributed by atoms with van der Waals surface area (Å²) in [5.74, 6) is 0.881. The fraction of sp³-hybridized carbons (Fsp3) is 0.538. The molecule has 0 aliphatic carbocycles. The topological polar surface area (TPSA) is 59.8 Å². The van der Waals surface area contributed by atoms with Crippen LogP contribution in [0.5, 0.6) is 0 Å². The Morgan fingerprint density at radius 1 is 1.39 bits per heavy atom. The number of hydrogen-bond acceptors (Lipinski definition) is 4. The number of amides is 1. The number of carbonyl (C=O) groups excluding carboxylic acids is 2. The molecule has 1 aromatic rings. The van der Waals surface area contributed by atoms with Gasteiger partial charge < -0.3 is 14.1 Å². The van der Waals surface area contributed by atoms with Crippen LogP contribution in [0.2, 0.25) is 0 Å². The molecule has 0 aromatic carbocycles. The zero-order valence-electron chi connectivity index (χ0n) is 11.3. The van der Waals surface area contributed by atoms with E-state index in [-0.39, 0.29) is 18.3 Å². The van der Waals surface area contributed by atoms with Gasteiger partial charge in [0.15, 0.2) is 0 Å². The van der Waals surface area contributed by atoms with Crippen LogP contribution in [0.3, 0.4) is 0 Å². The molecule has 0 radical (unpaired) electrons. The summed E-state index contributed by atoms with van der Waals surface area (Å²) in [6.07, 6.45) is 0.200. The number of hydrogen-bond donors (Lipinski definition) is 0. The maximum Gasteiger partial charge on any atom is 0.307 e. The van der Waals surface area contributed by atoms with Gasteiger partial charge in [-0.25, -0.2) is 0 Å². The largest absolute Gasteiger partial charge is 0.469 e. The van der Waals surface area contributed by atoms with Gasteiger partial charge >= 0.3 is 5.97 Å². The van der Waals surface area contributed by atoms with Crippen molar-refractivity contribution in [3.05, 3.63) is 23.2 Å². The maximum absolute atomic E-state index is 12.2. The third-order valence-corrected chi connectivity index (χ3v) is 2.75. The van der Waals surface area contributed by atoms with Gasteiger partial charge in [-0.3, -0.25) is 9.59 Å². The SMILES string of the molecule is CCN(CCC(=O)OC)C(=O)c1cc(C)oc1C. The van der Waals surface area contributed by atoms with Gasteiger partial charge in [-0.2, -0.15) is 0 Å². The van der Waals surface area contributed by atoms with Gasteiger partial charge in [0.25, 0.3) is 5.91 Å². The maximum atomic E-state index is 12.2. The van der Waals surface area contributed by atoms with Crippen LogP contribution in [0, 0.1) is 13.8 Å². The van der Waals surface area contributed by atoms with Gasteiger partial charge in [-0.15, -0.1) is 0 Å². The highest BCUT2D eigenvalue weighted by atomic mass is 16.5. The highest BCUT2D eigenvalue weighted by molar-refractivity contribution is 5.95. The Morgan fingerprint density at radius 2 is 2.06 bits per heavy atom. The van der Waals surface area contributed by atoms with Crippen LogP contribution in [0.25, 0.3) is 0 Å². The molecule has 5 heteroatoms. The van der Waals surface area contributed by atoms with Gasteiger partial charge in [0.1, 0.15) is 11.5 Å². The van der Waals surface area contributed by atoms with E-state index in [4.69, 9.17) is 4.42 Å². The Labute approximate surface area is 107 Å². The molecule has 0 fully saturated rings. The van der Waals surface area contributed by atoms with E-state index in [2.05, 4.69) is 4.74 Å². The van der Waals surface area contributed by atoms with Crippen LogP contribution >= 0.6 is 0 Å². The minimum absolute atomic E-state index is 0.115. The second-order valence-corrected chi connectivity index (χ2v) is 4.04.